The van der Waals surface area contributed by atoms with Crippen LogP contribution in [0.25, 0.3) is 0 Å². The van der Waals surface area contributed by atoms with E-state index < -0.39 is 5.72 Å². The molecule has 0 amide bonds. The van der Waals surface area contributed by atoms with E-state index in [1.54, 1.807) is 0 Å². The predicted octanol–water partition coefficient (Wildman–Crippen LogP) is 0.0966. The quantitative estimate of drug-likeness (QED) is 0.436. The van der Waals surface area contributed by atoms with Crippen molar-refractivity contribution in [3.63, 3.8) is 0 Å². The molecule has 0 aromatic heterocycles. The molecule has 1 aliphatic heterocycles. The maximum absolute atomic E-state index is 5.53. The summed E-state index contributed by atoms with van der Waals surface area (Å²) >= 11 is 0. The Labute approximate surface area is 55.1 Å². The molecule has 1 rings (SSSR count). The fraction of sp³-hybridized carbons (Fsp3) is 1.00. The Bertz CT molecular complexity index is 93.7. The second-order valence-corrected chi connectivity index (χ2v) is 2.87. The van der Waals surface area contributed by atoms with Crippen LogP contribution in [0.3, 0.4) is 0 Å². The van der Waals surface area contributed by atoms with Crippen molar-refractivity contribution >= 4 is 0 Å². The fourth-order valence-corrected chi connectivity index (χ4v) is 0.472. The van der Waals surface area contributed by atoms with Crippen molar-refractivity contribution in [1.82, 2.24) is 0 Å². The number of rotatable bonds is 3. The molecule has 9 heavy (non-hydrogen) atoms. The van der Waals surface area contributed by atoms with E-state index in [4.69, 9.17) is 15.2 Å². The van der Waals surface area contributed by atoms with Crippen LogP contribution in [0.1, 0.15) is 13.8 Å². The molecule has 1 saturated heterocycles. The first-order chi connectivity index (χ1) is 4.08. The largest absolute Gasteiger partial charge is 0.371 e. The number of hydrogen-bond acceptors (Lipinski definition) is 3. The van der Waals surface area contributed by atoms with Crippen molar-refractivity contribution < 1.29 is 9.47 Å². The van der Waals surface area contributed by atoms with Crippen LogP contribution >= 0.6 is 0 Å². The van der Waals surface area contributed by atoms with E-state index in [0.717, 1.165) is 6.61 Å². The third-order valence-electron chi connectivity index (χ3n) is 1.04. The minimum Gasteiger partial charge on any atom is -0.371 e. The molecule has 54 valence electrons. The molecule has 1 atom stereocenters. The Kier molecular flexibility index (Phi) is 1.75. The summed E-state index contributed by atoms with van der Waals surface area (Å²) in [7, 11) is 0. The molecule has 2 N–H and O–H groups in total. The first kappa shape index (κ1) is 6.99. The lowest BCUT2D eigenvalue weighted by Gasteiger charge is -2.18. The Hall–Kier alpha value is -0.120. The molecule has 0 aliphatic carbocycles. The van der Waals surface area contributed by atoms with Crippen LogP contribution in [-0.4, -0.2) is 25.0 Å². The van der Waals surface area contributed by atoms with Gasteiger partial charge in [0.1, 0.15) is 11.8 Å². The van der Waals surface area contributed by atoms with Crippen molar-refractivity contribution in [2.75, 3.05) is 13.2 Å². The van der Waals surface area contributed by atoms with Gasteiger partial charge >= 0.3 is 0 Å². The summed E-state index contributed by atoms with van der Waals surface area (Å²) in [6.45, 7) is 5.12. The zero-order valence-electron chi connectivity index (χ0n) is 5.89. The standard InChI is InChI=1S/C6H13NO2/c1-6(2,7)9-4-5-3-8-5/h5H,3-4,7H2,1-2H3. The van der Waals surface area contributed by atoms with E-state index in [1.807, 2.05) is 13.8 Å². The van der Waals surface area contributed by atoms with Crippen LogP contribution in [0.2, 0.25) is 0 Å². The predicted molar refractivity (Wildman–Crippen MR) is 34.0 cm³/mol. The van der Waals surface area contributed by atoms with Gasteiger partial charge in [-0.2, -0.15) is 0 Å². The van der Waals surface area contributed by atoms with E-state index in [-0.39, 0.29) is 0 Å². The highest BCUT2D eigenvalue weighted by Gasteiger charge is 2.25. The lowest BCUT2D eigenvalue weighted by molar-refractivity contribution is -0.0196. The second-order valence-electron chi connectivity index (χ2n) is 2.87. The SMILES string of the molecule is CC(C)(N)OCC1CO1. The fourth-order valence-electron chi connectivity index (χ4n) is 0.472. The second kappa shape index (κ2) is 2.25. The highest BCUT2D eigenvalue weighted by molar-refractivity contribution is 4.69. The van der Waals surface area contributed by atoms with Crippen LogP contribution < -0.4 is 5.73 Å². The maximum Gasteiger partial charge on any atom is 0.111 e. The van der Waals surface area contributed by atoms with Gasteiger partial charge in [0, 0.05) is 0 Å². The van der Waals surface area contributed by atoms with E-state index in [0.29, 0.717) is 12.7 Å². The van der Waals surface area contributed by atoms with Crippen molar-refractivity contribution in [3.05, 3.63) is 0 Å². The third kappa shape index (κ3) is 3.46. The van der Waals surface area contributed by atoms with Crippen molar-refractivity contribution in [1.29, 1.82) is 0 Å². The number of ether oxygens (including phenoxy) is 2. The van der Waals surface area contributed by atoms with Crippen LogP contribution in [0.5, 0.6) is 0 Å². The molecule has 0 saturated carbocycles. The molecule has 0 aromatic rings. The van der Waals surface area contributed by atoms with E-state index in [9.17, 15) is 0 Å². The molecular weight excluding hydrogens is 118 g/mol. The summed E-state index contributed by atoms with van der Waals surface area (Å²) in [6, 6.07) is 0. The van der Waals surface area contributed by atoms with E-state index in [1.165, 1.54) is 0 Å². The first-order valence-electron chi connectivity index (χ1n) is 3.12. The summed E-state index contributed by atoms with van der Waals surface area (Å²) in [6.07, 6.45) is 0.313. The molecule has 0 radical (unpaired) electrons. The van der Waals surface area contributed by atoms with E-state index >= 15 is 0 Å². The van der Waals surface area contributed by atoms with Gasteiger partial charge in [0.15, 0.2) is 0 Å². The topological polar surface area (TPSA) is 47.8 Å². The van der Waals surface area contributed by atoms with Crippen LogP contribution in [-0.2, 0) is 9.47 Å². The zero-order chi connectivity index (χ0) is 6.91. The molecule has 1 fully saturated rings. The van der Waals surface area contributed by atoms with Crippen molar-refractivity contribution in [3.8, 4) is 0 Å². The van der Waals surface area contributed by atoms with Gasteiger partial charge in [-0.15, -0.1) is 0 Å². The molecule has 3 heteroatoms. The monoisotopic (exact) mass is 131 g/mol. The van der Waals surface area contributed by atoms with Gasteiger partial charge in [0.2, 0.25) is 0 Å². The smallest absolute Gasteiger partial charge is 0.111 e. The molecule has 0 spiro atoms. The minimum absolute atomic E-state index is 0.313. The van der Waals surface area contributed by atoms with Gasteiger partial charge in [-0.3, -0.25) is 0 Å². The average Bonchev–Trinajstić information content (AvgIpc) is 2.38. The minimum atomic E-state index is -0.508. The van der Waals surface area contributed by atoms with Crippen molar-refractivity contribution in [2.45, 2.75) is 25.7 Å². The zero-order valence-corrected chi connectivity index (χ0v) is 5.89. The number of epoxide rings is 1. The molecule has 0 bridgehead atoms. The van der Waals surface area contributed by atoms with Gasteiger partial charge < -0.3 is 15.2 Å². The lowest BCUT2D eigenvalue weighted by atomic mass is 10.3. The van der Waals surface area contributed by atoms with E-state index in [2.05, 4.69) is 0 Å². The van der Waals surface area contributed by atoms with Crippen molar-refractivity contribution in [2.24, 2.45) is 5.73 Å². The average molecular weight is 131 g/mol. The van der Waals surface area contributed by atoms with Gasteiger partial charge in [-0.1, -0.05) is 0 Å². The summed E-state index contributed by atoms with van der Waals surface area (Å²) in [4.78, 5) is 0. The van der Waals surface area contributed by atoms with Gasteiger partial charge in [-0.05, 0) is 13.8 Å². The highest BCUT2D eigenvalue weighted by Crippen LogP contribution is 2.11. The summed E-state index contributed by atoms with van der Waals surface area (Å²) in [5, 5.41) is 0. The normalized spacial score (nSPS) is 26.3. The summed E-state index contributed by atoms with van der Waals surface area (Å²) in [5.74, 6) is 0. The Morgan fingerprint density at radius 2 is 2.33 bits per heavy atom. The molecular formula is C6H13NO2. The summed E-state index contributed by atoms with van der Waals surface area (Å²) in [5.41, 5.74) is 5.03. The molecule has 1 aliphatic rings. The molecule has 0 aromatic carbocycles. The maximum atomic E-state index is 5.53. The van der Waals surface area contributed by atoms with Gasteiger partial charge in [-0.25, -0.2) is 0 Å². The lowest BCUT2D eigenvalue weighted by Crippen LogP contribution is -2.36. The number of nitrogens with two attached hydrogens (primary N) is 1. The van der Waals surface area contributed by atoms with Gasteiger partial charge in [0.05, 0.1) is 13.2 Å². The van der Waals surface area contributed by atoms with Gasteiger partial charge in [0.25, 0.3) is 0 Å². The van der Waals surface area contributed by atoms with Crippen LogP contribution in [0.4, 0.5) is 0 Å². The first-order valence-corrected chi connectivity index (χ1v) is 3.12. The summed E-state index contributed by atoms with van der Waals surface area (Å²) < 4.78 is 10.1. The highest BCUT2D eigenvalue weighted by atomic mass is 16.6. The van der Waals surface area contributed by atoms with Crippen LogP contribution in [0.15, 0.2) is 0 Å². The Morgan fingerprint density at radius 3 is 2.67 bits per heavy atom. The number of hydrogen-bond donors (Lipinski definition) is 1. The Balaban J connectivity index is 2.03. The molecule has 1 unspecified atom stereocenters. The van der Waals surface area contributed by atoms with Crippen LogP contribution in [0, 0.1) is 0 Å². The Morgan fingerprint density at radius 1 is 1.78 bits per heavy atom. The molecule has 3 nitrogen and oxygen atoms in total. The molecule has 1 heterocycles. The third-order valence-corrected chi connectivity index (χ3v) is 1.04.